The number of hydrogen-bond acceptors (Lipinski definition) is 6. The highest BCUT2D eigenvalue weighted by Crippen LogP contribution is 2.07. The zero-order chi connectivity index (χ0) is 12.7. The molecule has 0 amide bonds. The van der Waals surface area contributed by atoms with Crippen LogP contribution in [-0.2, 0) is 11.2 Å². The van der Waals surface area contributed by atoms with Gasteiger partial charge < -0.3 is 15.8 Å². The third-order valence-electron chi connectivity index (χ3n) is 2.37. The molecular weight excluding hydrogens is 218 g/mol. The number of nitrogen functional groups attached to an aromatic ring is 1. The van der Waals surface area contributed by atoms with E-state index in [1.165, 1.54) is 0 Å². The molecule has 0 bridgehead atoms. The van der Waals surface area contributed by atoms with Crippen molar-refractivity contribution in [2.24, 2.45) is 0 Å². The molecule has 1 atom stereocenters. The van der Waals surface area contributed by atoms with Crippen LogP contribution in [0.3, 0.4) is 0 Å². The van der Waals surface area contributed by atoms with Crippen LogP contribution < -0.4 is 11.1 Å². The number of ether oxygens (including phenoxy) is 1. The molecule has 96 valence electrons. The maximum absolute atomic E-state index is 5.65. The standard InChI is InChI=1S/C11H21N5O/c1-4-6-9-14-10(12)16-11(15-9)13-8(5-2)7-17-3/h8H,4-7H2,1-3H3,(H3,12,13,14,15,16). The summed E-state index contributed by atoms with van der Waals surface area (Å²) in [6.07, 6.45) is 2.73. The molecule has 6 nitrogen and oxygen atoms in total. The molecule has 3 N–H and O–H groups in total. The molecule has 0 aliphatic carbocycles. The summed E-state index contributed by atoms with van der Waals surface area (Å²) in [5, 5.41) is 3.20. The summed E-state index contributed by atoms with van der Waals surface area (Å²) in [6, 6.07) is 0.191. The lowest BCUT2D eigenvalue weighted by atomic mass is 10.2. The third-order valence-corrected chi connectivity index (χ3v) is 2.37. The van der Waals surface area contributed by atoms with E-state index in [1.54, 1.807) is 7.11 Å². The summed E-state index contributed by atoms with van der Waals surface area (Å²) in [5.74, 6) is 1.53. The highest BCUT2D eigenvalue weighted by atomic mass is 16.5. The van der Waals surface area contributed by atoms with Gasteiger partial charge in [-0.25, -0.2) is 0 Å². The highest BCUT2D eigenvalue weighted by molar-refractivity contribution is 5.32. The molecule has 0 aliphatic rings. The molecule has 0 fully saturated rings. The molecule has 1 rings (SSSR count). The first-order chi connectivity index (χ1) is 8.19. The van der Waals surface area contributed by atoms with Crippen molar-refractivity contribution < 1.29 is 4.74 Å². The van der Waals surface area contributed by atoms with Gasteiger partial charge in [0.25, 0.3) is 0 Å². The van der Waals surface area contributed by atoms with Crippen molar-refractivity contribution in [3.63, 3.8) is 0 Å². The molecule has 0 saturated carbocycles. The van der Waals surface area contributed by atoms with E-state index in [9.17, 15) is 0 Å². The van der Waals surface area contributed by atoms with Gasteiger partial charge in [0.1, 0.15) is 5.82 Å². The first-order valence-corrected chi connectivity index (χ1v) is 5.95. The molecular formula is C11H21N5O. The molecule has 1 heterocycles. The summed E-state index contributed by atoms with van der Waals surface area (Å²) in [6.45, 7) is 4.77. The van der Waals surface area contributed by atoms with Crippen LogP contribution in [0.4, 0.5) is 11.9 Å². The van der Waals surface area contributed by atoms with E-state index in [2.05, 4.69) is 34.1 Å². The molecule has 0 saturated heterocycles. The molecule has 6 heteroatoms. The van der Waals surface area contributed by atoms with Gasteiger partial charge in [-0.3, -0.25) is 0 Å². The summed E-state index contributed by atoms with van der Waals surface area (Å²) < 4.78 is 5.11. The molecule has 17 heavy (non-hydrogen) atoms. The van der Waals surface area contributed by atoms with Gasteiger partial charge in [0.15, 0.2) is 0 Å². The number of hydrogen-bond donors (Lipinski definition) is 2. The number of rotatable bonds is 7. The molecule has 0 aromatic carbocycles. The van der Waals surface area contributed by atoms with Crippen LogP contribution >= 0.6 is 0 Å². The van der Waals surface area contributed by atoms with E-state index < -0.39 is 0 Å². The fourth-order valence-corrected chi connectivity index (χ4v) is 1.48. The van der Waals surface area contributed by atoms with Gasteiger partial charge in [-0.1, -0.05) is 13.8 Å². The van der Waals surface area contributed by atoms with Crippen molar-refractivity contribution in [1.82, 2.24) is 15.0 Å². The second-order valence-electron chi connectivity index (χ2n) is 3.89. The average molecular weight is 239 g/mol. The Bertz CT molecular complexity index is 345. The Morgan fingerprint density at radius 1 is 1.29 bits per heavy atom. The van der Waals surface area contributed by atoms with E-state index in [1.807, 2.05) is 0 Å². The van der Waals surface area contributed by atoms with Crippen molar-refractivity contribution in [3.8, 4) is 0 Å². The third kappa shape index (κ3) is 4.52. The van der Waals surface area contributed by atoms with Gasteiger partial charge in [-0.05, 0) is 12.8 Å². The van der Waals surface area contributed by atoms with E-state index in [4.69, 9.17) is 10.5 Å². The smallest absolute Gasteiger partial charge is 0.228 e. The molecule has 0 aliphatic heterocycles. The summed E-state index contributed by atoms with van der Waals surface area (Å²) in [4.78, 5) is 12.5. The Morgan fingerprint density at radius 2 is 2.06 bits per heavy atom. The van der Waals surface area contributed by atoms with Crippen molar-refractivity contribution in [1.29, 1.82) is 0 Å². The number of nitrogens with one attached hydrogen (secondary N) is 1. The van der Waals surface area contributed by atoms with Gasteiger partial charge >= 0.3 is 0 Å². The van der Waals surface area contributed by atoms with E-state index >= 15 is 0 Å². The van der Waals surface area contributed by atoms with Gasteiger partial charge in [0.2, 0.25) is 11.9 Å². The maximum Gasteiger partial charge on any atom is 0.228 e. The van der Waals surface area contributed by atoms with Crippen molar-refractivity contribution in [3.05, 3.63) is 5.82 Å². The van der Waals surface area contributed by atoms with Crippen molar-refractivity contribution in [2.45, 2.75) is 39.2 Å². The highest BCUT2D eigenvalue weighted by Gasteiger charge is 2.09. The van der Waals surface area contributed by atoms with Crippen molar-refractivity contribution >= 4 is 11.9 Å². The summed E-state index contributed by atoms with van der Waals surface area (Å²) in [7, 11) is 1.68. The molecule has 0 spiro atoms. The Kier molecular flexibility index (Phi) is 5.62. The molecule has 1 aromatic heterocycles. The Morgan fingerprint density at radius 3 is 2.65 bits per heavy atom. The topological polar surface area (TPSA) is 86.0 Å². The predicted molar refractivity (Wildman–Crippen MR) is 67.8 cm³/mol. The monoisotopic (exact) mass is 239 g/mol. The number of nitrogens with zero attached hydrogens (tertiary/aromatic N) is 3. The minimum atomic E-state index is 0.191. The summed E-state index contributed by atoms with van der Waals surface area (Å²) >= 11 is 0. The Labute approximate surface area is 102 Å². The van der Waals surface area contributed by atoms with Gasteiger partial charge in [0, 0.05) is 13.5 Å². The fourth-order valence-electron chi connectivity index (χ4n) is 1.48. The quantitative estimate of drug-likeness (QED) is 0.744. The average Bonchev–Trinajstić information content (AvgIpc) is 2.28. The summed E-state index contributed by atoms with van der Waals surface area (Å²) in [5.41, 5.74) is 5.65. The zero-order valence-electron chi connectivity index (χ0n) is 10.7. The first kappa shape index (κ1) is 13.6. The number of anilines is 2. The van der Waals surface area contributed by atoms with Gasteiger partial charge in [-0.2, -0.15) is 15.0 Å². The lowest BCUT2D eigenvalue weighted by Gasteiger charge is -2.16. The number of methoxy groups -OCH3 is 1. The van der Waals surface area contributed by atoms with Crippen LogP contribution in [-0.4, -0.2) is 34.7 Å². The fraction of sp³-hybridized carbons (Fsp3) is 0.727. The van der Waals surface area contributed by atoms with Crippen LogP contribution in [0.1, 0.15) is 32.5 Å². The van der Waals surface area contributed by atoms with Crippen LogP contribution in [0.15, 0.2) is 0 Å². The maximum atomic E-state index is 5.65. The lowest BCUT2D eigenvalue weighted by Crippen LogP contribution is -2.25. The number of nitrogens with two attached hydrogens (primary N) is 1. The van der Waals surface area contributed by atoms with Gasteiger partial charge in [-0.15, -0.1) is 0 Å². The lowest BCUT2D eigenvalue weighted by molar-refractivity contribution is 0.184. The van der Waals surface area contributed by atoms with Crippen LogP contribution in [0.5, 0.6) is 0 Å². The second-order valence-corrected chi connectivity index (χ2v) is 3.89. The molecule has 1 unspecified atom stereocenters. The van der Waals surface area contributed by atoms with Crippen LogP contribution in [0, 0.1) is 0 Å². The zero-order valence-corrected chi connectivity index (χ0v) is 10.7. The minimum absolute atomic E-state index is 0.191. The first-order valence-electron chi connectivity index (χ1n) is 5.95. The molecule has 0 radical (unpaired) electrons. The Balaban J connectivity index is 2.75. The van der Waals surface area contributed by atoms with Gasteiger partial charge in [0.05, 0.1) is 12.6 Å². The van der Waals surface area contributed by atoms with E-state index in [0.717, 1.165) is 25.1 Å². The number of aromatic nitrogens is 3. The van der Waals surface area contributed by atoms with Crippen molar-refractivity contribution in [2.75, 3.05) is 24.8 Å². The largest absolute Gasteiger partial charge is 0.383 e. The predicted octanol–water partition coefficient (Wildman–Crippen LogP) is 1.24. The SMILES string of the molecule is CCCc1nc(N)nc(NC(CC)COC)n1. The molecule has 1 aromatic rings. The van der Waals surface area contributed by atoms with Crippen LogP contribution in [0.25, 0.3) is 0 Å². The number of aryl methyl sites for hydroxylation is 1. The normalized spacial score (nSPS) is 12.4. The van der Waals surface area contributed by atoms with Crippen LogP contribution in [0.2, 0.25) is 0 Å². The second kappa shape index (κ2) is 7.01. The van der Waals surface area contributed by atoms with E-state index in [0.29, 0.717) is 12.6 Å². The Hall–Kier alpha value is -1.43. The van der Waals surface area contributed by atoms with E-state index in [-0.39, 0.29) is 12.0 Å². The minimum Gasteiger partial charge on any atom is -0.383 e.